The molecule has 1 aromatic heterocycles. The molecule has 0 spiro atoms. The number of nitrogens with one attached hydrogen (secondary N) is 1. The standard InChI is InChI=1S/C21H28ClN3O2/c1-3-5-7-15(4-2)14-27-21(26)25-11-10-19-18(13-25)20(24-23-19)16-8-6-9-17(22)12-16/h6,8-9,12,15H,3-5,7,10-11,13-14H2,1-2H3,(H,23,24). The van der Waals surface area contributed by atoms with Crippen LogP contribution in [0, 0.1) is 5.92 Å². The second kappa shape index (κ2) is 9.27. The minimum atomic E-state index is -0.228. The highest BCUT2D eigenvalue weighted by atomic mass is 35.5. The van der Waals surface area contributed by atoms with Gasteiger partial charge >= 0.3 is 6.09 Å². The second-order valence-corrected chi connectivity index (χ2v) is 7.64. The minimum absolute atomic E-state index is 0.228. The van der Waals surface area contributed by atoms with Crippen LogP contribution in [0.1, 0.15) is 50.8 Å². The summed E-state index contributed by atoms with van der Waals surface area (Å²) in [5, 5.41) is 8.25. The van der Waals surface area contributed by atoms with Gasteiger partial charge in [-0.1, -0.05) is 56.8 Å². The Hall–Kier alpha value is -2.01. The van der Waals surface area contributed by atoms with Crippen LogP contribution >= 0.6 is 11.6 Å². The van der Waals surface area contributed by atoms with Gasteiger partial charge in [-0.3, -0.25) is 5.10 Å². The molecule has 0 bridgehead atoms. The van der Waals surface area contributed by atoms with Gasteiger partial charge in [0, 0.05) is 34.8 Å². The minimum Gasteiger partial charge on any atom is -0.449 e. The lowest BCUT2D eigenvalue weighted by Crippen LogP contribution is -2.37. The molecule has 0 saturated heterocycles. The summed E-state index contributed by atoms with van der Waals surface area (Å²) in [6, 6.07) is 7.64. The Balaban J connectivity index is 1.65. The van der Waals surface area contributed by atoms with E-state index in [-0.39, 0.29) is 6.09 Å². The molecule has 0 saturated carbocycles. The van der Waals surface area contributed by atoms with Gasteiger partial charge in [0.15, 0.2) is 0 Å². The number of carbonyl (C=O) groups is 1. The summed E-state index contributed by atoms with van der Waals surface area (Å²) in [5.41, 5.74) is 3.96. The lowest BCUT2D eigenvalue weighted by Gasteiger charge is -2.27. The molecule has 27 heavy (non-hydrogen) atoms. The lowest BCUT2D eigenvalue weighted by atomic mass is 10.0. The van der Waals surface area contributed by atoms with Crippen LogP contribution in [0.2, 0.25) is 5.02 Å². The molecule has 1 aliphatic heterocycles. The molecule has 3 rings (SSSR count). The summed E-state index contributed by atoms with van der Waals surface area (Å²) < 4.78 is 5.62. The SMILES string of the molecule is CCCCC(CC)COC(=O)N1CCc2[nH]nc(-c3cccc(Cl)c3)c2C1. The van der Waals surface area contributed by atoms with E-state index in [1.54, 1.807) is 4.90 Å². The first-order valence-electron chi connectivity index (χ1n) is 9.86. The summed E-state index contributed by atoms with van der Waals surface area (Å²) in [4.78, 5) is 14.4. The maximum atomic E-state index is 12.6. The smallest absolute Gasteiger partial charge is 0.410 e. The first kappa shape index (κ1) is 19.7. The van der Waals surface area contributed by atoms with Crippen LogP contribution in [0.5, 0.6) is 0 Å². The summed E-state index contributed by atoms with van der Waals surface area (Å²) in [7, 11) is 0. The Kier molecular flexibility index (Phi) is 6.78. The van der Waals surface area contributed by atoms with Crippen LogP contribution in [0.15, 0.2) is 24.3 Å². The quantitative estimate of drug-likeness (QED) is 0.685. The summed E-state index contributed by atoms with van der Waals surface area (Å²) in [6.07, 6.45) is 5.04. The van der Waals surface area contributed by atoms with Crippen LogP contribution in [0.25, 0.3) is 11.3 Å². The van der Waals surface area contributed by atoms with Gasteiger partial charge in [0.25, 0.3) is 0 Å². The van der Waals surface area contributed by atoms with Gasteiger partial charge in [-0.05, 0) is 24.5 Å². The van der Waals surface area contributed by atoms with E-state index in [9.17, 15) is 4.79 Å². The number of aromatic nitrogens is 2. The third kappa shape index (κ3) is 4.83. The van der Waals surface area contributed by atoms with Crippen molar-refractivity contribution >= 4 is 17.7 Å². The Morgan fingerprint density at radius 3 is 3.00 bits per heavy atom. The highest BCUT2D eigenvalue weighted by molar-refractivity contribution is 6.30. The zero-order chi connectivity index (χ0) is 19.2. The number of H-pyrrole nitrogens is 1. The Labute approximate surface area is 166 Å². The van der Waals surface area contributed by atoms with E-state index in [0.717, 1.165) is 41.8 Å². The van der Waals surface area contributed by atoms with Gasteiger partial charge in [0.1, 0.15) is 0 Å². The molecule has 1 unspecified atom stereocenters. The van der Waals surface area contributed by atoms with E-state index in [0.29, 0.717) is 30.6 Å². The molecule has 1 aromatic carbocycles. The van der Waals surface area contributed by atoms with E-state index < -0.39 is 0 Å². The third-order valence-electron chi connectivity index (χ3n) is 5.28. The second-order valence-electron chi connectivity index (χ2n) is 7.20. The van der Waals surface area contributed by atoms with Crippen LogP contribution in [0.3, 0.4) is 0 Å². The highest BCUT2D eigenvalue weighted by Gasteiger charge is 2.27. The van der Waals surface area contributed by atoms with E-state index in [1.807, 2.05) is 24.3 Å². The van der Waals surface area contributed by atoms with Gasteiger partial charge in [0.05, 0.1) is 18.8 Å². The number of unbranched alkanes of at least 4 members (excludes halogenated alkanes) is 1. The molecule has 1 aliphatic rings. The predicted octanol–water partition coefficient (Wildman–Crippen LogP) is 5.44. The average molecular weight is 390 g/mol. The Morgan fingerprint density at radius 2 is 2.26 bits per heavy atom. The molecule has 2 heterocycles. The largest absolute Gasteiger partial charge is 0.449 e. The monoisotopic (exact) mass is 389 g/mol. The van der Waals surface area contributed by atoms with Crippen molar-refractivity contribution in [3.8, 4) is 11.3 Å². The zero-order valence-electron chi connectivity index (χ0n) is 16.1. The van der Waals surface area contributed by atoms with E-state index in [2.05, 4.69) is 24.0 Å². The average Bonchev–Trinajstić information content (AvgIpc) is 3.11. The summed E-state index contributed by atoms with van der Waals surface area (Å²) >= 11 is 6.12. The number of fused-ring (bicyclic) bond motifs is 1. The Bertz CT molecular complexity index is 775. The lowest BCUT2D eigenvalue weighted by molar-refractivity contribution is 0.0809. The molecule has 0 fully saturated rings. The molecule has 0 aliphatic carbocycles. The molecule has 6 heteroatoms. The van der Waals surface area contributed by atoms with Gasteiger partial charge in [-0.2, -0.15) is 5.10 Å². The topological polar surface area (TPSA) is 58.2 Å². The molecule has 1 atom stereocenters. The first-order chi connectivity index (χ1) is 13.1. The van der Waals surface area contributed by atoms with Crippen molar-refractivity contribution in [2.75, 3.05) is 13.2 Å². The molecule has 146 valence electrons. The number of nitrogens with zero attached hydrogens (tertiary/aromatic N) is 2. The van der Waals surface area contributed by atoms with Crippen molar-refractivity contribution in [2.24, 2.45) is 5.92 Å². The van der Waals surface area contributed by atoms with Crippen LogP contribution < -0.4 is 0 Å². The molecule has 0 radical (unpaired) electrons. The van der Waals surface area contributed by atoms with Gasteiger partial charge in [-0.25, -0.2) is 4.79 Å². The maximum Gasteiger partial charge on any atom is 0.410 e. The highest BCUT2D eigenvalue weighted by Crippen LogP contribution is 2.30. The van der Waals surface area contributed by atoms with Crippen LogP contribution in [-0.4, -0.2) is 34.3 Å². The van der Waals surface area contributed by atoms with E-state index in [1.165, 1.54) is 12.8 Å². The first-order valence-corrected chi connectivity index (χ1v) is 10.2. The van der Waals surface area contributed by atoms with Crippen molar-refractivity contribution in [3.05, 3.63) is 40.5 Å². The number of amides is 1. The number of benzene rings is 1. The summed E-state index contributed by atoms with van der Waals surface area (Å²) in [6.45, 7) is 6.01. The normalized spacial score (nSPS) is 14.7. The van der Waals surface area contributed by atoms with E-state index in [4.69, 9.17) is 16.3 Å². The van der Waals surface area contributed by atoms with Crippen molar-refractivity contribution < 1.29 is 9.53 Å². The van der Waals surface area contributed by atoms with Crippen molar-refractivity contribution in [1.82, 2.24) is 15.1 Å². The number of rotatable bonds is 7. The number of ether oxygens (including phenoxy) is 1. The van der Waals surface area contributed by atoms with Gasteiger partial charge in [0.2, 0.25) is 0 Å². The molecule has 5 nitrogen and oxygen atoms in total. The number of halogens is 1. The number of aromatic amines is 1. The van der Waals surface area contributed by atoms with Crippen LogP contribution in [-0.2, 0) is 17.7 Å². The van der Waals surface area contributed by atoms with Gasteiger partial charge < -0.3 is 9.64 Å². The third-order valence-corrected chi connectivity index (χ3v) is 5.51. The molecular formula is C21H28ClN3O2. The Morgan fingerprint density at radius 1 is 1.41 bits per heavy atom. The molecule has 1 N–H and O–H groups in total. The number of hydrogen-bond acceptors (Lipinski definition) is 3. The fourth-order valence-corrected chi connectivity index (χ4v) is 3.69. The molecule has 1 amide bonds. The van der Waals surface area contributed by atoms with Gasteiger partial charge in [-0.15, -0.1) is 0 Å². The molecular weight excluding hydrogens is 362 g/mol. The summed E-state index contributed by atoms with van der Waals surface area (Å²) in [5.74, 6) is 0.449. The maximum absolute atomic E-state index is 12.6. The predicted molar refractivity (Wildman–Crippen MR) is 108 cm³/mol. The van der Waals surface area contributed by atoms with Crippen molar-refractivity contribution in [2.45, 2.75) is 52.5 Å². The fourth-order valence-electron chi connectivity index (χ4n) is 3.50. The fraction of sp³-hybridized carbons (Fsp3) is 0.524. The van der Waals surface area contributed by atoms with Crippen LogP contribution in [0.4, 0.5) is 4.79 Å². The van der Waals surface area contributed by atoms with E-state index >= 15 is 0 Å². The molecule has 2 aromatic rings. The number of hydrogen-bond donors (Lipinski definition) is 1. The number of carbonyl (C=O) groups excluding carboxylic acids is 1. The zero-order valence-corrected chi connectivity index (χ0v) is 16.9. The van der Waals surface area contributed by atoms with Crippen molar-refractivity contribution in [3.63, 3.8) is 0 Å². The van der Waals surface area contributed by atoms with Crippen molar-refractivity contribution in [1.29, 1.82) is 0 Å².